The van der Waals surface area contributed by atoms with Crippen LogP contribution in [0.5, 0.6) is 0 Å². The van der Waals surface area contributed by atoms with Gasteiger partial charge in [0.25, 0.3) is 0 Å². The zero-order valence-corrected chi connectivity index (χ0v) is 11.5. The van der Waals surface area contributed by atoms with Gasteiger partial charge in [-0.15, -0.1) is 0 Å². The van der Waals surface area contributed by atoms with E-state index < -0.39 is 0 Å². The molecule has 1 aromatic heterocycles. The molecule has 0 aliphatic rings. The average Bonchev–Trinajstić information content (AvgIpc) is 2.36. The number of nitrogens with one attached hydrogen (secondary N) is 1. The van der Waals surface area contributed by atoms with E-state index in [1.807, 2.05) is 13.8 Å². The van der Waals surface area contributed by atoms with Gasteiger partial charge >= 0.3 is 0 Å². The van der Waals surface area contributed by atoms with Crippen LogP contribution in [0.2, 0.25) is 0 Å². The van der Waals surface area contributed by atoms with Crippen molar-refractivity contribution < 1.29 is 4.39 Å². The van der Waals surface area contributed by atoms with Crippen molar-refractivity contribution in [2.75, 3.05) is 5.43 Å². The molecule has 0 spiro atoms. The maximum absolute atomic E-state index is 13.5. The van der Waals surface area contributed by atoms with Gasteiger partial charge < -0.3 is 5.43 Å². The monoisotopic (exact) mass is 310 g/mol. The third-order valence-corrected chi connectivity index (χ3v) is 3.35. The van der Waals surface area contributed by atoms with Crippen LogP contribution < -0.4 is 11.3 Å². The summed E-state index contributed by atoms with van der Waals surface area (Å²) in [5.41, 5.74) is 4.80. The van der Waals surface area contributed by atoms with Gasteiger partial charge in [-0.25, -0.2) is 20.2 Å². The number of rotatable bonds is 2. The molecule has 1 aromatic carbocycles. The van der Waals surface area contributed by atoms with Crippen molar-refractivity contribution >= 4 is 21.7 Å². The lowest BCUT2D eigenvalue weighted by molar-refractivity contribution is 0.621. The summed E-state index contributed by atoms with van der Waals surface area (Å²) in [6.45, 7) is 3.73. The van der Waals surface area contributed by atoms with E-state index in [2.05, 4.69) is 31.3 Å². The highest BCUT2D eigenvalue weighted by atomic mass is 79.9. The first kappa shape index (κ1) is 12.9. The molecule has 0 aliphatic carbocycles. The number of hydrogen-bond acceptors (Lipinski definition) is 4. The Labute approximate surface area is 113 Å². The summed E-state index contributed by atoms with van der Waals surface area (Å²) in [6.07, 6.45) is 0. The first-order valence-corrected chi connectivity index (χ1v) is 6.09. The second-order valence-electron chi connectivity index (χ2n) is 3.88. The Hall–Kier alpha value is -1.53. The van der Waals surface area contributed by atoms with Crippen LogP contribution in [-0.2, 0) is 0 Å². The van der Waals surface area contributed by atoms with Crippen molar-refractivity contribution in [1.29, 1.82) is 0 Å². The van der Waals surface area contributed by atoms with Crippen molar-refractivity contribution in [3.8, 4) is 11.4 Å². The maximum atomic E-state index is 13.5. The Bertz CT molecular complexity index is 601. The van der Waals surface area contributed by atoms with Crippen LogP contribution in [0, 0.1) is 19.7 Å². The molecule has 18 heavy (non-hydrogen) atoms. The summed E-state index contributed by atoms with van der Waals surface area (Å²) in [6, 6.07) is 4.75. The summed E-state index contributed by atoms with van der Waals surface area (Å²) in [5, 5.41) is 0. The topological polar surface area (TPSA) is 63.8 Å². The molecule has 94 valence electrons. The Morgan fingerprint density at radius 2 is 2.00 bits per heavy atom. The molecule has 3 N–H and O–H groups in total. The first-order valence-electron chi connectivity index (χ1n) is 5.30. The molecular formula is C12H12BrFN4. The van der Waals surface area contributed by atoms with Gasteiger partial charge in [0.2, 0.25) is 0 Å². The number of aromatic nitrogens is 2. The van der Waals surface area contributed by atoms with Crippen molar-refractivity contribution in [2.24, 2.45) is 5.84 Å². The van der Waals surface area contributed by atoms with E-state index in [0.29, 0.717) is 21.7 Å². The normalized spacial score (nSPS) is 10.5. The van der Waals surface area contributed by atoms with Crippen LogP contribution in [0.4, 0.5) is 10.2 Å². The Morgan fingerprint density at radius 1 is 1.28 bits per heavy atom. The van der Waals surface area contributed by atoms with Crippen molar-refractivity contribution in [2.45, 2.75) is 13.8 Å². The number of anilines is 1. The molecule has 0 unspecified atom stereocenters. The fourth-order valence-corrected chi connectivity index (χ4v) is 1.78. The number of nitrogen functional groups attached to an aromatic ring is 1. The predicted octanol–water partition coefficient (Wildman–Crippen LogP) is 2.95. The van der Waals surface area contributed by atoms with Crippen LogP contribution in [0.3, 0.4) is 0 Å². The zero-order valence-electron chi connectivity index (χ0n) is 9.96. The van der Waals surface area contributed by atoms with E-state index in [1.54, 1.807) is 12.1 Å². The number of benzene rings is 1. The second-order valence-corrected chi connectivity index (χ2v) is 4.73. The van der Waals surface area contributed by atoms with E-state index >= 15 is 0 Å². The standard InChI is InChI=1S/C12H12BrFN4/c1-6-7(2)16-12(17-11(6)18-15)8-3-4-9(13)10(14)5-8/h3-5H,15H2,1-2H3,(H,16,17,18). The van der Waals surface area contributed by atoms with E-state index in [9.17, 15) is 4.39 Å². The number of nitrogens with zero attached hydrogens (tertiary/aromatic N) is 2. The molecule has 6 heteroatoms. The minimum Gasteiger partial charge on any atom is -0.308 e. The molecule has 0 fully saturated rings. The molecule has 0 saturated carbocycles. The number of nitrogens with two attached hydrogens (primary N) is 1. The molecule has 0 atom stereocenters. The average molecular weight is 311 g/mol. The Kier molecular flexibility index (Phi) is 3.58. The fraction of sp³-hybridized carbons (Fsp3) is 0.167. The third-order valence-electron chi connectivity index (χ3n) is 2.70. The van der Waals surface area contributed by atoms with Gasteiger partial charge in [0.05, 0.1) is 4.47 Å². The lowest BCUT2D eigenvalue weighted by Crippen LogP contribution is -2.12. The molecule has 0 bridgehead atoms. The highest BCUT2D eigenvalue weighted by Gasteiger charge is 2.10. The summed E-state index contributed by atoms with van der Waals surface area (Å²) in [7, 11) is 0. The highest BCUT2D eigenvalue weighted by Crippen LogP contribution is 2.24. The highest BCUT2D eigenvalue weighted by molar-refractivity contribution is 9.10. The van der Waals surface area contributed by atoms with Gasteiger partial charge in [0.1, 0.15) is 11.6 Å². The van der Waals surface area contributed by atoms with Gasteiger partial charge in [0.15, 0.2) is 5.82 Å². The maximum Gasteiger partial charge on any atom is 0.161 e. The number of halogens is 2. The minimum absolute atomic E-state index is 0.350. The van der Waals surface area contributed by atoms with E-state index in [0.717, 1.165) is 11.3 Å². The molecule has 2 aromatic rings. The lowest BCUT2D eigenvalue weighted by atomic mass is 10.2. The van der Waals surface area contributed by atoms with Crippen LogP contribution >= 0.6 is 15.9 Å². The Morgan fingerprint density at radius 3 is 2.61 bits per heavy atom. The minimum atomic E-state index is -0.350. The summed E-state index contributed by atoms with van der Waals surface area (Å²) >= 11 is 3.11. The summed E-state index contributed by atoms with van der Waals surface area (Å²) in [4.78, 5) is 8.60. The van der Waals surface area contributed by atoms with Crippen LogP contribution in [0.25, 0.3) is 11.4 Å². The molecule has 0 saturated heterocycles. The van der Waals surface area contributed by atoms with E-state index in [4.69, 9.17) is 5.84 Å². The molecule has 0 radical (unpaired) electrons. The largest absolute Gasteiger partial charge is 0.308 e. The molecule has 0 amide bonds. The van der Waals surface area contributed by atoms with Gasteiger partial charge in [-0.1, -0.05) is 0 Å². The Balaban J connectivity index is 2.57. The van der Waals surface area contributed by atoms with Gasteiger partial charge in [0, 0.05) is 16.8 Å². The number of hydrogen-bond donors (Lipinski definition) is 2. The lowest BCUT2D eigenvalue weighted by Gasteiger charge is -2.09. The third kappa shape index (κ3) is 2.34. The quantitative estimate of drug-likeness (QED) is 0.661. The number of aryl methyl sites for hydroxylation is 1. The van der Waals surface area contributed by atoms with Gasteiger partial charge in [-0.3, -0.25) is 0 Å². The second kappa shape index (κ2) is 4.99. The zero-order chi connectivity index (χ0) is 13.3. The SMILES string of the molecule is Cc1nc(-c2ccc(Br)c(F)c2)nc(NN)c1C. The van der Waals surface area contributed by atoms with Crippen LogP contribution in [-0.4, -0.2) is 9.97 Å². The molecular weight excluding hydrogens is 299 g/mol. The van der Waals surface area contributed by atoms with Crippen molar-refractivity contribution in [3.05, 3.63) is 39.7 Å². The van der Waals surface area contributed by atoms with Crippen molar-refractivity contribution in [1.82, 2.24) is 9.97 Å². The fourth-order valence-electron chi connectivity index (χ4n) is 1.53. The molecule has 4 nitrogen and oxygen atoms in total. The van der Waals surface area contributed by atoms with Crippen molar-refractivity contribution in [3.63, 3.8) is 0 Å². The predicted molar refractivity (Wildman–Crippen MR) is 72.4 cm³/mol. The van der Waals surface area contributed by atoms with E-state index in [1.165, 1.54) is 6.07 Å². The molecule has 1 heterocycles. The smallest absolute Gasteiger partial charge is 0.161 e. The molecule has 0 aliphatic heterocycles. The van der Waals surface area contributed by atoms with Crippen LogP contribution in [0.15, 0.2) is 22.7 Å². The van der Waals surface area contributed by atoms with E-state index in [-0.39, 0.29) is 5.82 Å². The molecule has 2 rings (SSSR count). The van der Waals surface area contributed by atoms with Gasteiger partial charge in [-0.05, 0) is 48.0 Å². The summed E-state index contributed by atoms with van der Waals surface area (Å²) < 4.78 is 13.9. The van der Waals surface area contributed by atoms with Gasteiger partial charge in [-0.2, -0.15) is 0 Å². The van der Waals surface area contributed by atoms with Crippen LogP contribution in [0.1, 0.15) is 11.3 Å². The summed E-state index contributed by atoms with van der Waals surface area (Å²) in [5.74, 6) is 6.03. The number of hydrazine groups is 1. The first-order chi connectivity index (χ1) is 8.52.